The third-order valence-electron chi connectivity index (χ3n) is 3.61. The van der Waals surface area contributed by atoms with Crippen LogP contribution < -0.4 is 5.32 Å². The number of hydrogen-bond donors (Lipinski definition) is 1. The van der Waals surface area contributed by atoms with E-state index in [0.717, 1.165) is 19.3 Å². The normalized spacial score (nSPS) is 47.6. The van der Waals surface area contributed by atoms with Crippen molar-refractivity contribution in [1.82, 2.24) is 5.32 Å². The van der Waals surface area contributed by atoms with Gasteiger partial charge in [-0.25, -0.2) is 0 Å². The Morgan fingerprint density at radius 2 is 1.91 bits per heavy atom. The summed E-state index contributed by atoms with van der Waals surface area (Å²) in [6.07, 6.45) is 5.73. The fraction of sp³-hybridized carbons (Fsp3) is 0.889. The van der Waals surface area contributed by atoms with Crippen molar-refractivity contribution in [1.29, 1.82) is 5.26 Å². The minimum Gasteiger partial charge on any atom is -0.314 e. The quantitative estimate of drug-likeness (QED) is 0.613. The first-order chi connectivity index (χ1) is 5.24. The molecule has 2 aliphatic rings. The Kier molecular flexibility index (Phi) is 1.28. The molecule has 0 aromatic heterocycles. The Bertz CT molecular complexity index is 206. The Labute approximate surface area is 67.6 Å². The van der Waals surface area contributed by atoms with Crippen LogP contribution in [0.25, 0.3) is 0 Å². The molecule has 0 radical (unpaired) electrons. The molecule has 2 fully saturated rings. The lowest BCUT2D eigenvalue weighted by molar-refractivity contribution is 0.342. The monoisotopic (exact) mass is 150 g/mol. The molecule has 1 N–H and O–H groups in total. The molecule has 2 saturated carbocycles. The summed E-state index contributed by atoms with van der Waals surface area (Å²) in [6.45, 7) is 0. The molecule has 2 heteroatoms. The van der Waals surface area contributed by atoms with Gasteiger partial charge in [0.15, 0.2) is 0 Å². The van der Waals surface area contributed by atoms with Crippen LogP contribution in [0.15, 0.2) is 0 Å². The van der Waals surface area contributed by atoms with Crippen molar-refractivity contribution in [2.24, 2.45) is 5.41 Å². The van der Waals surface area contributed by atoms with E-state index < -0.39 is 0 Å². The van der Waals surface area contributed by atoms with Gasteiger partial charge in [0.05, 0.1) is 11.5 Å². The molecule has 0 aromatic rings. The van der Waals surface area contributed by atoms with Crippen LogP contribution in [0.3, 0.4) is 0 Å². The average Bonchev–Trinajstić information content (AvgIpc) is 2.61. The Morgan fingerprint density at radius 3 is 2.18 bits per heavy atom. The summed E-state index contributed by atoms with van der Waals surface area (Å²) in [5.74, 6) is 0. The minimum absolute atomic E-state index is 0.0585. The van der Waals surface area contributed by atoms with Crippen molar-refractivity contribution in [2.75, 3.05) is 7.05 Å². The second-order valence-electron chi connectivity index (χ2n) is 4.10. The van der Waals surface area contributed by atoms with Gasteiger partial charge in [-0.3, -0.25) is 0 Å². The maximum Gasteiger partial charge on any atom is 0.0690 e. The summed E-state index contributed by atoms with van der Waals surface area (Å²) >= 11 is 0. The molecule has 0 amide bonds. The van der Waals surface area contributed by atoms with Crippen molar-refractivity contribution < 1.29 is 0 Å². The van der Waals surface area contributed by atoms with Crippen molar-refractivity contribution in [3.05, 3.63) is 0 Å². The van der Waals surface area contributed by atoms with Crippen molar-refractivity contribution in [2.45, 2.75) is 37.6 Å². The zero-order valence-electron chi connectivity index (χ0n) is 6.98. The van der Waals surface area contributed by atoms with E-state index in [1.807, 2.05) is 7.05 Å². The van der Waals surface area contributed by atoms with Gasteiger partial charge in [0.2, 0.25) is 0 Å². The van der Waals surface area contributed by atoms with Crippen LogP contribution in [0.4, 0.5) is 0 Å². The summed E-state index contributed by atoms with van der Waals surface area (Å²) in [4.78, 5) is 0. The number of hydrogen-bond acceptors (Lipinski definition) is 2. The molecule has 0 spiro atoms. The standard InChI is InChI=1S/C9H14N2/c1-11-9-4-2-8(6-9,7-10)3-5-9/h11H,2-6H2,1H3. The van der Waals surface area contributed by atoms with Crippen LogP contribution >= 0.6 is 0 Å². The highest BCUT2D eigenvalue weighted by molar-refractivity contribution is 5.17. The number of fused-ring (bicyclic) bond motifs is 2. The highest BCUT2D eigenvalue weighted by Crippen LogP contribution is 2.55. The topological polar surface area (TPSA) is 35.8 Å². The summed E-state index contributed by atoms with van der Waals surface area (Å²) < 4.78 is 0. The molecule has 0 saturated heterocycles. The lowest BCUT2D eigenvalue weighted by atomic mass is 9.86. The zero-order valence-corrected chi connectivity index (χ0v) is 6.98. The van der Waals surface area contributed by atoms with Gasteiger partial charge in [0.1, 0.15) is 0 Å². The molecule has 2 aliphatic carbocycles. The molecule has 0 unspecified atom stereocenters. The highest BCUT2D eigenvalue weighted by Gasteiger charge is 2.53. The predicted molar refractivity (Wildman–Crippen MR) is 42.9 cm³/mol. The van der Waals surface area contributed by atoms with Crippen LogP contribution in [0.2, 0.25) is 0 Å². The van der Waals surface area contributed by atoms with Crippen LogP contribution in [0, 0.1) is 16.7 Å². The first-order valence-electron chi connectivity index (χ1n) is 4.34. The molecule has 0 heterocycles. The highest BCUT2D eigenvalue weighted by atomic mass is 15.0. The molecular formula is C9H14N2. The van der Waals surface area contributed by atoms with Crippen molar-refractivity contribution >= 4 is 0 Å². The second kappa shape index (κ2) is 1.98. The maximum absolute atomic E-state index is 8.98. The van der Waals surface area contributed by atoms with E-state index in [1.54, 1.807) is 0 Å². The van der Waals surface area contributed by atoms with E-state index in [-0.39, 0.29) is 5.41 Å². The number of nitriles is 1. The fourth-order valence-corrected chi connectivity index (χ4v) is 2.70. The number of nitrogens with one attached hydrogen (secondary N) is 1. The van der Waals surface area contributed by atoms with Gasteiger partial charge < -0.3 is 5.32 Å². The Balaban J connectivity index is 2.23. The fourth-order valence-electron chi connectivity index (χ4n) is 2.70. The first-order valence-corrected chi connectivity index (χ1v) is 4.34. The van der Waals surface area contributed by atoms with Crippen molar-refractivity contribution in [3.8, 4) is 6.07 Å². The second-order valence-corrected chi connectivity index (χ2v) is 4.10. The molecule has 11 heavy (non-hydrogen) atoms. The van der Waals surface area contributed by atoms with E-state index in [1.165, 1.54) is 12.8 Å². The third kappa shape index (κ3) is 0.810. The summed E-state index contributed by atoms with van der Waals surface area (Å²) in [6, 6.07) is 2.49. The summed E-state index contributed by atoms with van der Waals surface area (Å²) in [5, 5.41) is 12.4. The zero-order chi connectivity index (χ0) is 7.95. The van der Waals surface area contributed by atoms with Crippen LogP contribution in [0.5, 0.6) is 0 Å². The minimum atomic E-state index is 0.0585. The number of nitrogens with zero attached hydrogens (tertiary/aromatic N) is 1. The summed E-state index contributed by atoms with van der Waals surface area (Å²) in [5.41, 5.74) is 0.402. The third-order valence-corrected chi connectivity index (χ3v) is 3.61. The lowest BCUT2D eigenvalue weighted by Crippen LogP contribution is -2.37. The largest absolute Gasteiger partial charge is 0.314 e. The van der Waals surface area contributed by atoms with Crippen LogP contribution in [-0.2, 0) is 0 Å². The van der Waals surface area contributed by atoms with Gasteiger partial charge in [-0.1, -0.05) is 0 Å². The molecule has 2 rings (SSSR count). The maximum atomic E-state index is 8.98. The smallest absolute Gasteiger partial charge is 0.0690 e. The van der Waals surface area contributed by atoms with E-state index in [0.29, 0.717) is 5.54 Å². The number of rotatable bonds is 1. The van der Waals surface area contributed by atoms with Gasteiger partial charge in [-0.2, -0.15) is 5.26 Å². The molecule has 2 bridgehead atoms. The van der Waals surface area contributed by atoms with Gasteiger partial charge in [0, 0.05) is 5.54 Å². The van der Waals surface area contributed by atoms with Gasteiger partial charge >= 0.3 is 0 Å². The average molecular weight is 150 g/mol. The van der Waals surface area contributed by atoms with Gasteiger partial charge in [-0.05, 0) is 39.2 Å². The molecule has 2 nitrogen and oxygen atoms in total. The van der Waals surface area contributed by atoms with E-state index in [4.69, 9.17) is 5.26 Å². The molecule has 0 aliphatic heterocycles. The summed E-state index contributed by atoms with van der Waals surface area (Å²) in [7, 11) is 2.03. The van der Waals surface area contributed by atoms with E-state index >= 15 is 0 Å². The lowest BCUT2D eigenvalue weighted by Gasteiger charge is -2.25. The van der Waals surface area contributed by atoms with Gasteiger partial charge in [0.25, 0.3) is 0 Å². The predicted octanol–water partition coefficient (Wildman–Crippen LogP) is 1.43. The van der Waals surface area contributed by atoms with Gasteiger partial charge in [-0.15, -0.1) is 0 Å². The SMILES string of the molecule is CNC12CCC(C#N)(CC1)C2. The van der Waals surface area contributed by atoms with Crippen LogP contribution in [0.1, 0.15) is 32.1 Å². The van der Waals surface area contributed by atoms with E-state index in [2.05, 4.69) is 11.4 Å². The molecular weight excluding hydrogens is 136 g/mol. The van der Waals surface area contributed by atoms with E-state index in [9.17, 15) is 0 Å². The van der Waals surface area contributed by atoms with Crippen molar-refractivity contribution in [3.63, 3.8) is 0 Å². The molecule has 0 atom stereocenters. The van der Waals surface area contributed by atoms with Crippen LogP contribution in [-0.4, -0.2) is 12.6 Å². The first kappa shape index (κ1) is 7.12. The Morgan fingerprint density at radius 1 is 1.27 bits per heavy atom. The molecule has 60 valence electrons. The Hall–Kier alpha value is -0.550. The molecule has 0 aromatic carbocycles.